The Morgan fingerprint density at radius 2 is 1.75 bits per heavy atom. The van der Waals surface area contributed by atoms with Crippen LogP contribution in [0.2, 0.25) is 5.02 Å². The van der Waals surface area contributed by atoms with Crippen molar-refractivity contribution in [3.8, 4) is 5.75 Å². The Bertz CT molecular complexity index is 538. The molecule has 24 heavy (non-hydrogen) atoms. The molecule has 0 aromatic heterocycles. The first-order valence-electron chi connectivity index (χ1n) is 7.88. The van der Waals surface area contributed by atoms with Crippen molar-refractivity contribution in [1.82, 2.24) is 0 Å². The first kappa shape index (κ1) is 21.0. The molecule has 8 heteroatoms. The van der Waals surface area contributed by atoms with Gasteiger partial charge >= 0.3 is 13.6 Å². The van der Waals surface area contributed by atoms with Gasteiger partial charge < -0.3 is 18.5 Å². The molecule has 0 aliphatic carbocycles. The fraction of sp³-hybridized carbons (Fsp3) is 0.562. The Morgan fingerprint density at radius 1 is 1.17 bits per heavy atom. The van der Waals surface area contributed by atoms with Gasteiger partial charge in [-0.2, -0.15) is 0 Å². The number of carbonyl (C=O) groups is 1. The number of rotatable bonds is 11. The van der Waals surface area contributed by atoms with Gasteiger partial charge in [0.15, 0.2) is 5.85 Å². The van der Waals surface area contributed by atoms with Crippen molar-refractivity contribution < 1.29 is 27.9 Å². The molecule has 0 aliphatic rings. The molecule has 1 unspecified atom stereocenters. The van der Waals surface area contributed by atoms with Crippen LogP contribution in [0.3, 0.4) is 0 Å². The summed E-state index contributed by atoms with van der Waals surface area (Å²) in [6, 6.07) is 6.96. The Hall–Kier alpha value is -1.07. The lowest BCUT2D eigenvalue weighted by Gasteiger charge is -2.23. The molecule has 0 bridgehead atoms. The highest BCUT2D eigenvalue weighted by atomic mass is 35.5. The molecular weight excluding hydrogens is 355 g/mol. The predicted octanol–water partition coefficient (Wildman–Crippen LogP) is 4.65. The topological polar surface area (TPSA) is 71.1 Å². The van der Waals surface area contributed by atoms with Crippen molar-refractivity contribution in [2.75, 3.05) is 19.8 Å². The highest BCUT2D eigenvalue weighted by Crippen LogP contribution is 2.53. The third-order valence-corrected chi connectivity index (χ3v) is 5.46. The minimum atomic E-state index is -3.44. The van der Waals surface area contributed by atoms with Crippen molar-refractivity contribution in [3.05, 3.63) is 29.3 Å². The van der Waals surface area contributed by atoms with E-state index in [-0.39, 0.29) is 19.6 Å². The Morgan fingerprint density at radius 3 is 2.29 bits per heavy atom. The maximum Gasteiger partial charge on any atom is 0.370 e. The number of carbonyl (C=O) groups excluding carboxylic acids is 1. The largest absolute Gasteiger partial charge is 0.494 e. The van der Waals surface area contributed by atoms with Crippen molar-refractivity contribution >= 4 is 25.2 Å². The van der Waals surface area contributed by atoms with Crippen molar-refractivity contribution in [1.29, 1.82) is 0 Å². The van der Waals surface area contributed by atoms with E-state index >= 15 is 0 Å². The van der Waals surface area contributed by atoms with Gasteiger partial charge in [0.25, 0.3) is 0 Å². The smallest absolute Gasteiger partial charge is 0.370 e. The molecule has 0 spiro atoms. The number of benzene rings is 1. The zero-order valence-electron chi connectivity index (χ0n) is 14.2. The second kappa shape index (κ2) is 10.7. The van der Waals surface area contributed by atoms with E-state index in [0.29, 0.717) is 23.8 Å². The maximum absolute atomic E-state index is 12.4. The Kier molecular flexibility index (Phi) is 9.37. The molecule has 1 aromatic rings. The molecule has 0 saturated carbocycles. The molecular formula is C16H24ClO6P. The molecule has 136 valence electrons. The number of halogens is 1. The summed E-state index contributed by atoms with van der Waals surface area (Å²) in [5.74, 6) is -0.734. The quantitative estimate of drug-likeness (QED) is 0.317. The molecule has 0 radical (unpaired) electrons. The van der Waals surface area contributed by atoms with Gasteiger partial charge in [-0.1, -0.05) is 11.6 Å². The summed E-state index contributed by atoms with van der Waals surface area (Å²) in [5, 5.41) is 0.632. The minimum Gasteiger partial charge on any atom is -0.494 e. The van der Waals surface area contributed by atoms with Crippen LogP contribution in [0.25, 0.3) is 0 Å². The van der Waals surface area contributed by atoms with E-state index in [1.54, 1.807) is 38.1 Å². The summed E-state index contributed by atoms with van der Waals surface area (Å²) in [5.41, 5.74) is 0. The predicted molar refractivity (Wildman–Crippen MR) is 92.6 cm³/mol. The monoisotopic (exact) mass is 378 g/mol. The molecule has 1 atom stereocenters. The molecule has 6 nitrogen and oxygen atoms in total. The average Bonchev–Trinajstić information content (AvgIpc) is 2.53. The Balaban J connectivity index is 2.34. The molecule has 0 N–H and O–H groups in total. The standard InChI is InChI=1S/C16H24ClO6P/c1-4-21-24(19,22-5-2)13(3)23-16(18)7-6-12-20-15-10-8-14(17)9-11-15/h8-11,13H,4-7,12H2,1-3H3. The zero-order valence-corrected chi connectivity index (χ0v) is 15.8. The first-order chi connectivity index (χ1) is 11.4. The summed E-state index contributed by atoms with van der Waals surface area (Å²) in [6.45, 7) is 5.71. The van der Waals surface area contributed by atoms with Gasteiger partial charge in [-0.25, -0.2) is 0 Å². The van der Waals surface area contributed by atoms with Crippen LogP contribution in [0, 0.1) is 0 Å². The molecule has 0 fully saturated rings. The molecule has 0 amide bonds. The van der Waals surface area contributed by atoms with Crippen molar-refractivity contribution in [2.45, 2.75) is 39.5 Å². The number of ether oxygens (including phenoxy) is 2. The van der Waals surface area contributed by atoms with Crippen LogP contribution in [-0.2, 0) is 23.1 Å². The lowest BCUT2D eigenvalue weighted by molar-refractivity contribution is -0.146. The number of hydrogen-bond acceptors (Lipinski definition) is 6. The summed E-state index contributed by atoms with van der Waals surface area (Å²) in [6.07, 6.45) is 0.623. The van der Waals surface area contributed by atoms with Crippen LogP contribution in [0.15, 0.2) is 24.3 Å². The number of hydrogen-bond donors (Lipinski definition) is 0. The first-order valence-corrected chi connectivity index (χ1v) is 9.87. The van der Waals surface area contributed by atoms with Gasteiger partial charge in [-0.3, -0.25) is 9.36 Å². The Labute approximate surface area is 147 Å². The van der Waals surface area contributed by atoms with Crippen LogP contribution in [0.1, 0.15) is 33.6 Å². The molecule has 1 aromatic carbocycles. The molecule has 0 heterocycles. The van der Waals surface area contributed by atoms with Gasteiger partial charge in [-0.15, -0.1) is 0 Å². The number of esters is 1. The van der Waals surface area contributed by atoms with Crippen molar-refractivity contribution in [2.24, 2.45) is 0 Å². The van der Waals surface area contributed by atoms with E-state index in [1.807, 2.05) is 0 Å². The van der Waals surface area contributed by atoms with E-state index in [4.69, 9.17) is 30.1 Å². The fourth-order valence-electron chi connectivity index (χ4n) is 1.86. The highest BCUT2D eigenvalue weighted by Gasteiger charge is 2.34. The van der Waals surface area contributed by atoms with Gasteiger partial charge in [-0.05, 0) is 51.5 Å². The van der Waals surface area contributed by atoms with Gasteiger partial charge in [0.2, 0.25) is 0 Å². The van der Waals surface area contributed by atoms with Gasteiger partial charge in [0.05, 0.1) is 19.8 Å². The summed E-state index contributed by atoms with van der Waals surface area (Å²) in [7, 11) is -3.44. The van der Waals surface area contributed by atoms with E-state index in [0.717, 1.165) is 0 Å². The van der Waals surface area contributed by atoms with Crippen molar-refractivity contribution in [3.63, 3.8) is 0 Å². The van der Waals surface area contributed by atoms with Gasteiger partial charge in [0, 0.05) is 11.4 Å². The maximum atomic E-state index is 12.4. The van der Waals surface area contributed by atoms with E-state index in [1.165, 1.54) is 6.92 Å². The lowest BCUT2D eigenvalue weighted by atomic mass is 10.3. The summed E-state index contributed by atoms with van der Waals surface area (Å²) < 4.78 is 33.4. The minimum absolute atomic E-state index is 0.149. The average molecular weight is 379 g/mol. The van der Waals surface area contributed by atoms with Gasteiger partial charge in [0.1, 0.15) is 5.75 Å². The second-order valence-electron chi connectivity index (χ2n) is 4.87. The van der Waals surface area contributed by atoms with Crippen LogP contribution in [-0.4, -0.2) is 31.6 Å². The van der Waals surface area contributed by atoms with Crippen LogP contribution >= 0.6 is 19.2 Å². The summed E-state index contributed by atoms with van der Waals surface area (Å²) >= 11 is 5.78. The molecule has 0 aliphatic heterocycles. The molecule has 0 saturated heterocycles. The van der Waals surface area contributed by atoms with E-state index < -0.39 is 19.4 Å². The lowest BCUT2D eigenvalue weighted by Crippen LogP contribution is -2.18. The van der Waals surface area contributed by atoms with E-state index in [2.05, 4.69) is 0 Å². The normalized spacial score (nSPS) is 12.7. The SMILES string of the molecule is CCOP(=O)(OCC)C(C)OC(=O)CCCOc1ccc(Cl)cc1. The van der Waals surface area contributed by atoms with Crippen LogP contribution < -0.4 is 4.74 Å². The van der Waals surface area contributed by atoms with Crippen LogP contribution in [0.4, 0.5) is 0 Å². The highest BCUT2D eigenvalue weighted by molar-refractivity contribution is 7.54. The van der Waals surface area contributed by atoms with E-state index in [9.17, 15) is 9.36 Å². The fourth-order valence-corrected chi connectivity index (χ4v) is 3.44. The second-order valence-corrected chi connectivity index (χ2v) is 7.63. The van der Waals surface area contributed by atoms with Crippen LogP contribution in [0.5, 0.6) is 5.75 Å². The zero-order chi connectivity index (χ0) is 18.0. The molecule has 1 rings (SSSR count). The third-order valence-electron chi connectivity index (χ3n) is 2.97. The summed E-state index contributed by atoms with van der Waals surface area (Å²) in [4.78, 5) is 11.8. The third kappa shape index (κ3) is 7.22.